The molecular weight excluding hydrogens is 272 g/mol. The SMILES string of the molecule is C[C@H]1OCCN[C@@H]1C(=O)Nc1cccc(-n2cnnn2)c1. The molecule has 1 aromatic carbocycles. The van der Waals surface area contributed by atoms with Crippen molar-refractivity contribution in [1.82, 2.24) is 25.5 Å². The van der Waals surface area contributed by atoms with Crippen molar-refractivity contribution in [3.8, 4) is 5.69 Å². The third-order valence-electron chi connectivity index (χ3n) is 3.33. The van der Waals surface area contributed by atoms with Gasteiger partial charge in [-0.2, -0.15) is 0 Å². The number of morpholine rings is 1. The summed E-state index contributed by atoms with van der Waals surface area (Å²) in [6.45, 7) is 3.18. The van der Waals surface area contributed by atoms with Gasteiger partial charge in [-0.15, -0.1) is 5.10 Å². The van der Waals surface area contributed by atoms with Gasteiger partial charge in [-0.25, -0.2) is 4.68 Å². The maximum atomic E-state index is 12.3. The number of nitrogens with one attached hydrogen (secondary N) is 2. The van der Waals surface area contributed by atoms with Crippen molar-refractivity contribution in [2.75, 3.05) is 18.5 Å². The second-order valence-electron chi connectivity index (χ2n) is 4.80. The summed E-state index contributed by atoms with van der Waals surface area (Å²) >= 11 is 0. The molecule has 2 atom stereocenters. The lowest BCUT2D eigenvalue weighted by atomic mass is 10.1. The molecule has 0 unspecified atom stereocenters. The fourth-order valence-corrected chi connectivity index (χ4v) is 2.25. The zero-order chi connectivity index (χ0) is 14.7. The summed E-state index contributed by atoms with van der Waals surface area (Å²) in [5.41, 5.74) is 1.46. The predicted octanol–water partition coefficient (Wildman–Crippen LogP) is -0.0223. The van der Waals surface area contributed by atoms with Gasteiger partial charge in [0.25, 0.3) is 0 Å². The summed E-state index contributed by atoms with van der Waals surface area (Å²) in [6.07, 6.45) is 1.35. The van der Waals surface area contributed by atoms with Gasteiger partial charge >= 0.3 is 0 Å². The van der Waals surface area contributed by atoms with Gasteiger partial charge in [-0.1, -0.05) is 6.07 Å². The van der Waals surface area contributed by atoms with E-state index in [9.17, 15) is 4.79 Å². The molecule has 1 fully saturated rings. The summed E-state index contributed by atoms with van der Waals surface area (Å²) in [4.78, 5) is 12.3. The molecule has 1 saturated heterocycles. The summed E-state index contributed by atoms with van der Waals surface area (Å²) in [5, 5.41) is 17.0. The minimum atomic E-state index is -0.351. The fourth-order valence-electron chi connectivity index (χ4n) is 2.25. The van der Waals surface area contributed by atoms with Crippen LogP contribution < -0.4 is 10.6 Å². The Bertz CT molecular complexity index is 615. The van der Waals surface area contributed by atoms with Crippen LogP contribution in [0.15, 0.2) is 30.6 Å². The van der Waals surface area contributed by atoms with E-state index >= 15 is 0 Å². The number of benzene rings is 1. The molecule has 1 aliphatic rings. The van der Waals surface area contributed by atoms with Crippen LogP contribution in [0, 0.1) is 0 Å². The van der Waals surface area contributed by atoms with E-state index in [4.69, 9.17) is 4.74 Å². The van der Waals surface area contributed by atoms with Crippen LogP contribution >= 0.6 is 0 Å². The van der Waals surface area contributed by atoms with Gasteiger partial charge in [0.2, 0.25) is 5.91 Å². The van der Waals surface area contributed by atoms with Crippen LogP contribution in [-0.2, 0) is 9.53 Å². The first-order chi connectivity index (χ1) is 10.2. The lowest BCUT2D eigenvalue weighted by molar-refractivity contribution is -0.123. The molecule has 0 saturated carbocycles. The van der Waals surface area contributed by atoms with E-state index in [2.05, 4.69) is 26.2 Å². The molecule has 21 heavy (non-hydrogen) atoms. The van der Waals surface area contributed by atoms with E-state index in [-0.39, 0.29) is 18.1 Å². The maximum absolute atomic E-state index is 12.3. The molecule has 2 heterocycles. The highest BCUT2D eigenvalue weighted by Gasteiger charge is 2.28. The molecule has 3 rings (SSSR count). The van der Waals surface area contributed by atoms with Crippen molar-refractivity contribution in [2.45, 2.75) is 19.1 Å². The molecule has 8 nitrogen and oxygen atoms in total. The summed E-state index contributed by atoms with van der Waals surface area (Å²) < 4.78 is 7.01. The van der Waals surface area contributed by atoms with Crippen molar-refractivity contribution >= 4 is 11.6 Å². The third-order valence-corrected chi connectivity index (χ3v) is 3.33. The van der Waals surface area contributed by atoms with Crippen molar-refractivity contribution in [2.24, 2.45) is 0 Å². The molecule has 0 bridgehead atoms. The topological polar surface area (TPSA) is 94.0 Å². The van der Waals surface area contributed by atoms with Crippen molar-refractivity contribution in [3.63, 3.8) is 0 Å². The minimum absolute atomic E-state index is 0.115. The normalized spacial score (nSPS) is 22.0. The highest BCUT2D eigenvalue weighted by molar-refractivity contribution is 5.95. The molecule has 2 aromatic rings. The first-order valence-corrected chi connectivity index (χ1v) is 6.73. The lowest BCUT2D eigenvalue weighted by Gasteiger charge is -2.29. The summed E-state index contributed by atoms with van der Waals surface area (Å²) in [6, 6.07) is 6.97. The number of carbonyl (C=O) groups is 1. The zero-order valence-corrected chi connectivity index (χ0v) is 11.6. The quantitative estimate of drug-likeness (QED) is 0.824. The Balaban J connectivity index is 1.73. The molecule has 0 aliphatic carbocycles. The number of carbonyl (C=O) groups excluding carboxylic acids is 1. The van der Waals surface area contributed by atoms with Gasteiger partial charge in [0.1, 0.15) is 12.4 Å². The standard InChI is InChI=1S/C13H16N6O2/c1-9-12(14-5-6-21-9)13(20)16-10-3-2-4-11(7-10)19-8-15-17-18-19/h2-4,7-9,12,14H,5-6H2,1H3,(H,16,20)/t9-,12+/m1/s1. The summed E-state index contributed by atoms with van der Waals surface area (Å²) in [5.74, 6) is -0.115. The number of hydrogen-bond acceptors (Lipinski definition) is 6. The monoisotopic (exact) mass is 288 g/mol. The average molecular weight is 288 g/mol. The van der Waals surface area contributed by atoms with Crippen LogP contribution in [0.4, 0.5) is 5.69 Å². The largest absolute Gasteiger partial charge is 0.375 e. The number of hydrogen-bond donors (Lipinski definition) is 2. The van der Waals surface area contributed by atoms with E-state index in [0.717, 1.165) is 5.69 Å². The molecule has 0 radical (unpaired) electrons. The number of aromatic nitrogens is 4. The van der Waals surface area contributed by atoms with Crippen molar-refractivity contribution < 1.29 is 9.53 Å². The summed E-state index contributed by atoms with van der Waals surface area (Å²) in [7, 11) is 0. The average Bonchev–Trinajstić information content (AvgIpc) is 3.02. The van der Waals surface area contributed by atoms with Gasteiger partial charge in [0, 0.05) is 12.2 Å². The van der Waals surface area contributed by atoms with Crippen LogP contribution in [0.25, 0.3) is 5.69 Å². The maximum Gasteiger partial charge on any atom is 0.244 e. The number of rotatable bonds is 3. The smallest absolute Gasteiger partial charge is 0.244 e. The fraction of sp³-hybridized carbons (Fsp3) is 0.385. The van der Waals surface area contributed by atoms with Gasteiger partial charge in [0.05, 0.1) is 18.4 Å². The zero-order valence-electron chi connectivity index (χ0n) is 11.6. The molecule has 8 heteroatoms. The Kier molecular flexibility index (Phi) is 3.89. The Morgan fingerprint density at radius 3 is 3.19 bits per heavy atom. The number of amides is 1. The Labute approximate surface area is 121 Å². The van der Waals surface area contributed by atoms with Gasteiger partial charge < -0.3 is 15.4 Å². The molecule has 0 spiro atoms. The number of nitrogens with zero attached hydrogens (tertiary/aromatic N) is 4. The van der Waals surface area contributed by atoms with Gasteiger partial charge in [0.15, 0.2) is 0 Å². The molecule has 1 aromatic heterocycles. The van der Waals surface area contributed by atoms with Crippen LogP contribution in [0.3, 0.4) is 0 Å². The van der Waals surface area contributed by atoms with E-state index in [1.165, 1.54) is 11.0 Å². The molecular formula is C13H16N6O2. The van der Waals surface area contributed by atoms with Gasteiger partial charge in [-0.3, -0.25) is 4.79 Å². The van der Waals surface area contributed by atoms with Crippen molar-refractivity contribution in [1.29, 1.82) is 0 Å². The number of anilines is 1. The van der Waals surface area contributed by atoms with E-state index in [0.29, 0.717) is 18.8 Å². The third kappa shape index (κ3) is 3.06. The first kappa shape index (κ1) is 13.7. The number of ether oxygens (including phenoxy) is 1. The van der Waals surface area contributed by atoms with Gasteiger partial charge in [-0.05, 0) is 35.5 Å². The predicted molar refractivity (Wildman–Crippen MR) is 75.0 cm³/mol. The molecule has 1 amide bonds. The van der Waals surface area contributed by atoms with Crippen LogP contribution in [0.1, 0.15) is 6.92 Å². The Hall–Kier alpha value is -2.32. The first-order valence-electron chi connectivity index (χ1n) is 6.73. The minimum Gasteiger partial charge on any atom is -0.375 e. The van der Waals surface area contributed by atoms with Crippen molar-refractivity contribution in [3.05, 3.63) is 30.6 Å². The van der Waals surface area contributed by atoms with Crippen LogP contribution in [0.5, 0.6) is 0 Å². The van der Waals surface area contributed by atoms with E-state index < -0.39 is 0 Å². The highest BCUT2D eigenvalue weighted by atomic mass is 16.5. The molecule has 110 valence electrons. The Morgan fingerprint density at radius 2 is 2.43 bits per heavy atom. The van der Waals surface area contributed by atoms with Crippen LogP contribution in [0.2, 0.25) is 0 Å². The number of tetrazole rings is 1. The van der Waals surface area contributed by atoms with Crippen LogP contribution in [-0.4, -0.2) is 51.4 Å². The molecule has 2 N–H and O–H groups in total. The highest BCUT2D eigenvalue weighted by Crippen LogP contribution is 2.14. The van der Waals surface area contributed by atoms with E-state index in [1.54, 1.807) is 0 Å². The molecule has 1 aliphatic heterocycles. The lowest BCUT2D eigenvalue weighted by Crippen LogP contribution is -2.53. The Morgan fingerprint density at radius 1 is 1.52 bits per heavy atom. The second-order valence-corrected chi connectivity index (χ2v) is 4.80. The second kappa shape index (κ2) is 5.98. The van der Waals surface area contributed by atoms with E-state index in [1.807, 2.05) is 31.2 Å².